The first-order valence-corrected chi connectivity index (χ1v) is 4.68. The molecule has 0 fully saturated rings. The van der Waals surface area contributed by atoms with E-state index >= 15 is 0 Å². The summed E-state index contributed by atoms with van der Waals surface area (Å²) in [5.74, 6) is 0.822. The molecule has 0 saturated carbocycles. The number of rotatable bonds is 2. The van der Waals surface area contributed by atoms with E-state index in [0.29, 0.717) is 11.5 Å². The Morgan fingerprint density at radius 1 is 1.13 bits per heavy atom. The summed E-state index contributed by atoms with van der Waals surface area (Å²) >= 11 is 0. The van der Waals surface area contributed by atoms with Crippen LogP contribution in [0.5, 0.6) is 0 Å². The monoisotopic (exact) mass is 201 g/mol. The van der Waals surface area contributed by atoms with Crippen molar-refractivity contribution < 1.29 is 9.21 Å². The van der Waals surface area contributed by atoms with E-state index in [0.717, 1.165) is 5.56 Å². The first-order valence-electron chi connectivity index (χ1n) is 4.68. The Morgan fingerprint density at radius 2 is 1.87 bits per heavy atom. The Hall–Kier alpha value is -2.03. The quantitative estimate of drug-likeness (QED) is 0.810. The van der Waals surface area contributed by atoms with Gasteiger partial charge in [-0.3, -0.25) is 4.79 Å². The van der Waals surface area contributed by atoms with E-state index in [1.54, 1.807) is 19.2 Å². The van der Waals surface area contributed by atoms with Gasteiger partial charge >= 0.3 is 0 Å². The van der Waals surface area contributed by atoms with E-state index in [2.05, 4.69) is 5.32 Å². The molecule has 15 heavy (non-hydrogen) atoms. The van der Waals surface area contributed by atoms with Crippen LogP contribution >= 0.6 is 0 Å². The van der Waals surface area contributed by atoms with Crippen LogP contribution in [0.4, 0.5) is 0 Å². The van der Waals surface area contributed by atoms with Gasteiger partial charge in [0.2, 0.25) is 0 Å². The number of carbonyl (C=O) groups excluding carboxylic acids is 1. The molecule has 0 aliphatic heterocycles. The summed E-state index contributed by atoms with van der Waals surface area (Å²) in [7, 11) is 1.58. The van der Waals surface area contributed by atoms with Gasteiger partial charge in [0.25, 0.3) is 5.91 Å². The molecule has 0 unspecified atom stereocenters. The zero-order valence-corrected chi connectivity index (χ0v) is 8.36. The molecule has 0 aliphatic rings. The fraction of sp³-hybridized carbons (Fsp3) is 0.0833. The number of furan rings is 1. The molecular formula is C12H11NO2. The lowest BCUT2D eigenvalue weighted by Gasteiger charge is -1.96. The van der Waals surface area contributed by atoms with Crippen LogP contribution in [0.3, 0.4) is 0 Å². The SMILES string of the molecule is CNC(=O)c1ccc(-c2ccccc2)o1. The van der Waals surface area contributed by atoms with Gasteiger partial charge in [-0.15, -0.1) is 0 Å². The highest BCUT2D eigenvalue weighted by atomic mass is 16.3. The van der Waals surface area contributed by atoms with Crippen molar-refractivity contribution in [3.05, 3.63) is 48.2 Å². The zero-order valence-electron chi connectivity index (χ0n) is 8.36. The maximum absolute atomic E-state index is 11.3. The molecule has 0 bridgehead atoms. The second-order valence-electron chi connectivity index (χ2n) is 3.11. The highest BCUT2D eigenvalue weighted by Gasteiger charge is 2.09. The molecular weight excluding hydrogens is 190 g/mol. The predicted octanol–water partition coefficient (Wildman–Crippen LogP) is 2.31. The van der Waals surface area contributed by atoms with Crippen molar-refractivity contribution in [2.45, 2.75) is 0 Å². The van der Waals surface area contributed by atoms with E-state index in [1.807, 2.05) is 30.3 Å². The molecule has 3 nitrogen and oxygen atoms in total. The molecule has 2 rings (SSSR count). The average Bonchev–Trinajstić information content (AvgIpc) is 2.78. The van der Waals surface area contributed by atoms with Gasteiger partial charge in [0.1, 0.15) is 5.76 Å². The second kappa shape index (κ2) is 4.00. The normalized spacial score (nSPS) is 9.93. The van der Waals surface area contributed by atoms with Gasteiger partial charge in [-0.2, -0.15) is 0 Å². The average molecular weight is 201 g/mol. The van der Waals surface area contributed by atoms with Gasteiger partial charge in [0, 0.05) is 12.6 Å². The minimum atomic E-state index is -0.211. The third-order valence-electron chi connectivity index (χ3n) is 2.12. The van der Waals surface area contributed by atoms with Crippen molar-refractivity contribution in [2.24, 2.45) is 0 Å². The van der Waals surface area contributed by atoms with Crippen LogP contribution < -0.4 is 5.32 Å². The molecule has 0 aliphatic carbocycles. The molecule has 2 aromatic rings. The number of amides is 1. The lowest BCUT2D eigenvalue weighted by atomic mass is 10.2. The summed E-state index contributed by atoms with van der Waals surface area (Å²) in [6.45, 7) is 0. The fourth-order valence-electron chi connectivity index (χ4n) is 1.34. The summed E-state index contributed by atoms with van der Waals surface area (Å²) in [6, 6.07) is 13.1. The molecule has 1 heterocycles. The van der Waals surface area contributed by atoms with E-state index < -0.39 is 0 Å². The van der Waals surface area contributed by atoms with E-state index in [9.17, 15) is 4.79 Å². The minimum Gasteiger partial charge on any atom is -0.451 e. The third-order valence-corrected chi connectivity index (χ3v) is 2.12. The summed E-state index contributed by atoms with van der Waals surface area (Å²) in [5.41, 5.74) is 0.965. The maximum atomic E-state index is 11.3. The molecule has 0 atom stereocenters. The highest BCUT2D eigenvalue weighted by Crippen LogP contribution is 2.21. The summed E-state index contributed by atoms with van der Waals surface area (Å²) in [5, 5.41) is 2.51. The van der Waals surface area contributed by atoms with E-state index in [4.69, 9.17) is 4.42 Å². The first kappa shape index (κ1) is 9.52. The Kier molecular flexibility index (Phi) is 2.54. The number of hydrogen-bond donors (Lipinski definition) is 1. The van der Waals surface area contributed by atoms with Gasteiger partial charge < -0.3 is 9.73 Å². The molecule has 0 saturated heterocycles. The number of carbonyl (C=O) groups is 1. The van der Waals surface area contributed by atoms with Crippen molar-refractivity contribution in [3.63, 3.8) is 0 Å². The summed E-state index contributed by atoms with van der Waals surface area (Å²) < 4.78 is 5.41. The molecule has 1 N–H and O–H groups in total. The van der Waals surface area contributed by atoms with Crippen LogP contribution in [0.25, 0.3) is 11.3 Å². The highest BCUT2D eigenvalue weighted by molar-refractivity contribution is 5.91. The Bertz CT molecular complexity index is 459. The lowest BCUT2D eigenvalue weighted by Crippen LogP contribution is -2.16. The van der Waals surface area contributed by atoms with Crippen molar-refractivity contribution in [2.75, 3.05) is 7.05 Å². The standard InChI is InChI=1S/C12H11NO2/c1-13-12(14)11-8-7-10(15-11)9-5-3-2-4-6-9/h2-8H,1H3,(H,13,14). The molecule has 1 amide bonds. The van der Waals surface area contributed by atoms with Crippen molar-refractivity contribution in [3.8, 4) is 11.3 Å². The Labute approximate surface area is 87.7 Å². The summed E-state index contributed by atoms with van der Waals surface area (Å²) in [6.07, 6.45) is 0. The van der Waals surface area contributed by atoms with Crippen LogP contribution in [0.15, 0.2) is 46.9 Å². The largest absolute Gasteiger partial charge is 0.451 e. The van der Waals surface area contributed by atoms with Crippen LogP contribution in [-0.4, -0.2) is 13.0 Å². The predicted molar refractivity (Wildman–Crippen MR) is 57.5 cm³/mol. The van der Waals surface area contributed by atoms with Gasteiger partial charge in [0.05, 0.1) is 0 Å². The van der Waals surface area contributed by atoms with E-state index in [-0.39, 0.29) is 5.91 Å². The first-order chi connectivity index (χ1) is 7.31. The van der Waals surface area contributed by atoms with Crippen molar-refractivity contribution >= 4 is 5.91 Å². The van der Waals surface area contributed by atoms with Gasteiger partial charge in [-0.25, -0.2) is 0 Å². The van der Waals surface area contributed by atoms with Crippen LogP contribution in [0, 0.1) is 0 Å². The zero-order chi connectivity index (χ0) is 10.7. The molecule has 1 aromatic carbocycles. The fourth-order valence-corrected chi connectivity index (χ4v) is 1.34. The van der Waals surface area contributed by atoms with Gasteiger partial charge in [0.15, 0.2) is 5.76 Å². The van der Waals surface area contributed by atoms with Crippen LogP contribution in [-0.2, 0) is 0 Å². The second-order valence-corrected chi connectivity index (χ2v) is 3.11. The number of nitrogens with one attached hydrogen (secondary N) is 1. The van der Waals surface area contributed by atoms with E-state index in [1.165, 1.54) is 0 Å². The lowest BCUT2D eigenvalue weighted by molar-refractivity contribution is 0.0936. The minimum absolute atomic E-state index is 0.211. The Balaban J connectivity index is 2.32. The van der Waals surface area contributed by atoms with Crippen molar-refractivity contribution in [1.82, 2.24) is 5.32 Å². The van der Waals surface area contributed by atoms with Crippen LogP contribution in [0.2, 0.25) is 0 Å². The Morgan fingerprint density at radius 3 is 2.53 bits per heavy atom. The molecule has 0 spiro atoms. The molecule has 3 heteroatoms. The molecule has 0 radical (unpaired) electrons. The third kappa shape index (κ3) is 1.91. The molecule has 76 valence electrons. The molecule has 1 aromatic heterocycles. The topological polar surface area (TPSA) is 42.2 Å². The smallest absolute Gasteiger partial charge is 0.286 e. The van der Waals surface area contributed by atoms with Crippen LogP contribution in [0.1, 0.15) is 10.6 Å². The summed E-state index contributed by atoms with van der Waals surface area (Å²) in [4.78, 5) is 11.3. The number of hydrogen-bond acceptors (Lipinski definition) is 2. The number of benzene rings is 1. The van der Waals surface area contributed by atoms with Gasteiger partial charge in [-0.05, 0) is 12.1 Å². The maximum Gasteiger partial charge on any atom is 0.286 e. The van der Waals surface area contributed by atoms with Gasteiger partial charge in [-0.1, -0.05) is 30.3 Å². The van der Waals surface area contributed by atoms with Crippen molar-refractivity contribution in [1.29, 1.82) is 0 Å².